The third-order valence-electron chi connectivity index (χ3n) is 2.31. The molecule has 0 fully saturated rings. The monoisotopic (exact) mass is 207 g/mol. The normalized spacial score (nSPS) is 12.1. The quantitative estimate of drug-likeness (QED) is 0.763. The van der Waals surface area contributed by atoms with Crippen molar-refractivity contribution < 1.29 is 0 Å². The summed E-state index contributed by atoms with van der Waals surface area (Å²) in [6.45, 7) is 2.02. The third-order valence-corrected chi connectivity index (χ3v) is 2.31. The molecule has 0 bridgehead atoms. The molecule has 0 heterocycles. The van der Waals surface area contributed by atoms with Gasteiger partial charge >= 0.3 is 0 Å². The molecule has 1 atom stereocenters. The summed E-state index contributed by atoms with van der Waals surface area (Å²) in [4.78, 5) is 0. The zero-order valence-corrected chi connectivity index (χ0v) is 8.92. The van der Waals surface area contributed by atoms with Crippen LogP contribution in [0.2, 0.25) is 0 Å². The van der Waals surface area contributed by atoms with Crippen molar-refractivity contribution in [2.24, 2.45) is 5.73 Å². The number of fused-ring (bicyclic) bond motifs is 1. The van der Waals surface area contributed by atoms with Gasteiger partial charge in [0, 0.05) is 6.04 Å². The van der Waals surface area contributed by atoms with Crippen LogP contribution in [0.3, 0.4) is 0 Å². The molecule has 0 aliphatic carbocycles. The molecule has 0 aromatic heterocycles. The molecule has 0 unspecified atom stereocenters. The van der Waals surface area contributed by atoms with Crippen LogP contribution in [0.1, 0.15) is 18.5 Å². The molecule has 2 N–H and O–H groups in total. The van der Waals surface area contributed by atoms with Crippen molar-refractivity contribution in [3.63, 3.8) is 0 Å². The fourth-order valence-corrected chi connectivity index (χ4v) is 1.65. The second-order valence-electron chi connectivity index (χ2n) is 3.36. The molecule has 0 saturated heterocycles. The first kappa shape index (κ1) is 11.0. The van der Waals surface area contributed by atoms with Gasteiger partial charge in [0.1, 0.15) is 0 Å². The van der Waals surface area contributed by atoms with Gasteiger partial charge in [0.25, 0.3) is 0 Å². The Morgan fingerprint density at radius 1 is 1.00 bits per heavy atom. The minimum Gasteiger partial charge on any atom is -0.324 e. The maximum Gasteiger partial charge on any atom is 0.0272 e. The van der Waals surface area contributed by atoms with Gasteiger partial charge in [-0.1, -0.05) is 42.5 Å². The standard InChI is InChI=1S/C12H13N.ClH/c1-9(13)11-8-4-6-10-5-2-3-7-12(10)11;/h2-9H,13H2,1H3;1H/t9-;/m1./s1. The summed E-state index contributed by atoms with van der Waals surface area (Å²) in [5, 5.41) is 2.53. The summed E-state index contributed by atoms with van der Waals surface area (Å²) < 4.78 is 0. The molecule has 14 heavy (non-hydrogen) atoms. The predicted octanol–water partition coefficient (Wildman–Crippen LogP) is 3.28. The Kier molecular flexibility index (Phi) is 3.50. The SMILES string of the molecule is C[C@@H](N)c1cccc2ccccc12.Cl. The highest BCUT2D eigenvalue weighted by molar-refractivity contribution is 5.86. The Bertz CT molecular complexity index is 418. The smallest absolute Gasteiger partial charge is 0.0272 e. The second kappa shape index (κ2) is 4.45. The predicted molar refractivity (Wildman–Crippen MR) is 63.8 cm³/mol. The highest BCUT2D eigenvalue weighted by Crippen LogP contribution is 2.22. The van der Waals surface area contributed by atoms with Crippen LogP contribution < -0.4 is 5.73 Å². The van der Waals surface area contributed by atoms with Gasteiger partial charge in [0.2, 0.25) is 0 Å². The summed E-state index contributed by atoms with van der Waals surface area (Å²) in [7, 11) is 0. The first-order chi connectivity index (χ1) is 6.29. The van der Waals surface area contributed by atoms with E-state index in [0.29, 0.717) is 0 Å². The van der Waals surface area contributed by atoms with Gasteiger partial charge in [0.05, 0.1) is 0 Å². The number of nitrogens with two attached hydrogens (primary N) is 1. The minimum absolute atomic E-state index is 0. The van der Waals surface area contributed by atoms with Gasteiger partial charge in [-0.25, -0.2) is 0 Å². The van der Waals surface area contributed by atoms with E-state index in [4.69, 9.17) is 5.73 Å². The first-order valence-electron chi connectivity index (χ1n) is 4.52. The number of benzene rings is 2. The van der Waals surface area contributed by atoms with Gasteiger partial charge in [-0.15, -0.1) is 12.4 Å². The molecule has 74 valence electrons. The van der Waals surface area contributed by atoms with Gasteiger partial charge in [-0.05, 0) is 23.3 Å². The molecular formula is C12H14ClN. The summed E-state index contributed by atoms with van der Waals surface area (Å²) in [5.74, 6) is 0. The van der Waals surface area contributed by atoms with Gasteiger partial charge in [-0.2, -0.15) is 0 Å². The van der Waals surface area contributed by atoms with Crippen LogP contribution in [0.4, 0.5) is 0 Å². The fourth-order valence-electron chi connectivity index (χ4n) is 1.65. The van der Waals surface area contributed by atoms with Crippen molar-refractivity contribution in [2.45, 2.75) is 13.0 Å². The molecule has 2 aromatic carbocycles. The van der Waals surface area contributed by atoms with E-state index >= 15 is 0 Å². The van der Waals surface area contributed by atoms with Gasteiger partial charge in [-0.3, -0.25) is 0 Å². The molecule has 2 aromatic rings. The Balaban J connectivity index is 0.000000980. The van der Waals surface area contributed by atoms with Crippen molar-refractivity contribution >= 4 is 23.2 Å². The van der Waals surface area contributed by atoms with E-state index in [1.54, 1.807) is 0 Å². The van der Waals surface area contributed by atoms with E-state index in [-0.39, 0.29) is 18.4 Å². The van der Waals surface area contributed by atoms with Crippen molar-refractivity contribution in [3.8, 4) is 0 Å². The zero-order valence-electron chi connectivity index (χ0n) is 8.10. The maximum absolute atomic E-state index is 5.88. The van der Waals surface area contributed by atoms with Crippen LogP contribution in [0.25, 0.3) is 10.8 Å². The van der Waals surface area contributed by atoms with Crippen molar-refractivity contribution in [2.75, 3.05) is 0 Å². The van der Waals surface area contributed by atoms with E-state index in [9.17, 15) is 0 Å². The van der Waals surface area contributed by atoms with Crippen LogP contribution in [0, 0.1) is 0 Å². The molecule has 0 saturated carbocycles. The van der Waals surface area contributed by atoms with E-state index in [0.717, 1.165) is 0 Å². The largest absolute Gasteiger partial charge is 0.324 e. The molecule has 0 aliphatic heterocycles. The average molecular weight is 208 g/mol. The van der Waals surface area contributed by atoms with E-state index in [1.807, 2.05) is 19.1 Å². The molecule has 0 spiro atoms. The van der Waals surface area contributed by atoms with E-state index in [2.05, 4.69) is 30.3 Å². The first-order valence-corrected chi connectivity index (χ1v) is 4.52. The molecule has 0 radical (unpaired) electrons. The number of rotatable bonds is 1. The molecule has 0 amide bonds. The van der Waals surface area contributed by atoms with Gasteiger partial charge in [0.15, 0.2) is 0 Å². The zero-order chi connectivity index (χ0) is 9.26. The fraction of sp³-hybridized carbons (Fsp3) is 0.167. The summed E-state index contributed by atoms with van der Waals surface area (Å²) in [5.41, 5.74) is 7.10. The number of halogens is 1. The molecule has 2 heteroatoms. The lowest BCUT2D eigenvalue weighted by Gasteiger charge is -2.09. The lowest BCUT2D eigenvalue weighted by Crippen LogP contribution is -2.05. The van der Waals surface area contributed by atoms with Crippen molar-refractivity contribution in [3.05, 3.63) is 48.0 Å². The third kappa shape index (κ3) is 1.89. The van der Waals surface area contributed by atoms with Crippen LogP contribution in [0.15, 0.2) is 42.5 Å². The lowest BCUT2D eigenvalue weighted by molar-refractivity contribution is 0.827. The Hall–Kier alpha value is -1.05. The summed E-state index contributed by atoms with van der Waals surface area (Å²) in [6.07, 6.45) is 0. The molecule has 0 aliphatic rings. The van der Waals surface area contributed by atoms with Gasteiger partial charge < -0.3 is 5.73 Å². The van der Waals surface area contributed by atoms with E-state index in [1.165, 1.54) is 16.3 Å². The highest BCUT2D eigenvalue weighted by Gasteiger charge is 2.02. The minimum atomic E-state index is 0. The van der Waals surface area contributed by atoms with Crippen LogP contribution in [0.5, 0.6) is 0 Å². The second-order valence-corrected chi connectivity index (χ2v) is 3.36. The summed E-state index contributed by atoms with van der Waals surface area (Å²) >= 11 is 0. The van der Waals surface area contributed by atoms with Crippen LogP contribution >= 0.6 is 12.4 Å². The Labute approximate surface area is 90.3 Å². The highest BCUT2D eigenvalue weighted by atomic mass is 35.5. The lowest BCUT2D eigenvalue weighted by atomic mass is 10.0. The Morgan fingerprint density at radius 2 is 1.64 bits per heavy atom. The van der Waals surface area contributed by atoms with Crippen LogP contribution in [-0.4, -0.2) is 0 Å². The molecule has 1 nitrogen and oxygen atoms in total. The average Bonchev–Trinajstić information content (AvgIpc) is 2.17. The molecule has 2 rings (SSSR count). The topological polar surface area (TPSA) is 26.0 Å². The van der Waals surface area contributed by atoms with E-state index < -0.39 is 0 Å². The Morgan fingerprint density at radius 3 is 2.36 bits per heavy atom. The number of hydrogen-bond donors (Lipinski definition) is 1. The van der Waals surface area contributed by atoms with Crippen molar-refractivity contribution in [1.29, 1.82) is 0 Å². The maximum atomic E-state index is 5.88. The van der Waals surface area contributed by atoms with Crippen molar-refractivity contribution in [1.82, 2.24) is 0 Å². The number of hydrogen-bond acceptors (Lipinski definition) is 1. The van der Waals surface area contributed by atoms with Crippen LogP contribution in [-0.2, 0) is 0 Å². The molecular weight excluding hydrogens is 194 g/mol. The summed E-state index contributed by atoms with van der Waals surface area (Å²) in [6, 6.07) is 14.7.